The van der Waals surface area contributed by atoms with Gasteiger partial charge in [0.15, 0.2) is 0 Å². The van der Waals surface area contributed by atoms with Crippen LogP contribution in [0.2, 0.25) is 0 Å². The second-order valence-corrected chi connectivity index (χ2v) is 12.1. The molecule has 3 aliphatic heterocycles. The van der Waals surface area contributed by atoms with Crippen molar-refractivity contribution < 1.29 is 13.2 Å². The molecule has 2 unspecified atom stereocenters. The Morgan fingerprint density at radius 2 is 1.74 bits per heavy atom. The van der Waals surface area contributed by atoms with Crippen LogP contribution in [-0.2, 0) is 10.0 Å². The molecule has 0 aliphatic carbocycles. The third-order valence-electron chi connectivity index (χ3n) is 7.74. The van der Waals surface area contributed by atoms with E-state index >= 15 is 0 Å². The molecule has 1 amide bonds. The normalized spacial score (nSPS) is 21.6. The molecule has 186 valence electrons. The predicted octanol–water partition coefficient (Wildman–Crippen LogP) is 2.43. The van der Waals surface area contributed by atoms with Gasteiger partial charge in [-0.2, -0.15) is 0 Å². The SMILES string of the molecule is Cc1ncnc(C)c1C(=O)N1CC2=CN(CCC(c3ccccc3)C3CN(S(C)(=O)=O)C3)CC2C1. The van der Waals surface area contributed by atoms with Gasteiger partial charge in [0.2, 0.25) is 10.0 Å². The maximum atomic E-state index is 13.1. The van der Waals surface area contributed by atoms with Gasteiger partial charge in [-0.25, -0.2) is 22.7 Å². The third kappa shape index (κ3) is 4.84. The van der Waals surface area contributed by atoms with Crippen LogP contribution in [0.3, 0.4) is 0 Å². The highest BCUT2D eigenvalue weighted by Gasteiger charge is 2.40. The fourth-order valence-corrected chi connectivity index (χ4v) is 6.66. The average molecular weight is 496 g/mol. The van der Waals surface area contributed by atoms with Crippen molar-refractivity contribution in [3.63, 3.8) is 0 Å². The highest BCUT2D eigenvalue weighted by Crippen LogP contribution is 2.37. The van der Waals surface area contributed by atoms with Crippen molar-refractivity contribution >= 4 is 15.9 Å². The third-order valence-corrected chi connectivity index (χ3v) is 8.97. The van der Waals surface area contributed by atoms with E-state index in [1.54, 1.807) is 4.31 Å². The lowest BCUT2D eigenvalue weighted by Crippen LogP contribution is -2.51. The van der Waals surface area contributed by atoms with E-state index in [0.717, 1.165) is 37.4 Å². The minimum Gasteiger partial charge on any atom is -0.377 e. The lowest BCUT2D eigenvalue weighted by Gasteiger charge is -2.42. The van der Waals surface area contributed by atoms with Crippen LogP contribution < -0.4 is 0 Å². The summed E-state index contributed by atoms with van der Waals surface area (Å²) in [5.74, 6) is 1.06. The van der Waals surface area contributed by atoms with Crippen molar-refractivity contribution in [2.75, 3.05) is 45.5 Å². The number of likely N-dealkylation sites (tertiary alicyclic amines) is 1. The Morgan fingerprint density at radius 3 is 2.37 bits per heavy atom. The number of nitrogens with zero attached hydrogens (tertiary/aromatic N) is 5. The molecule has 35 heavy (non-hydrogen) atoms. The number of amides is 1. The number of aryl methyl sites for hydroxylation is 2. The molecule has 4 heterocycles. The van der Waals surface area contributed by atoms with Gasteiger partial charge in [0.25, 0.3) is 5.91 Å². The number of benzene rings is 1. The Kier molecular flexibility index (Phi) is 6.40. The number of hydrogen-bond donors (Lipinski definition) is 0. The first-order valence-electron chi connectivity index (χ1n) is 12.2. The fourth-order valence-electron chi connectivity index (χ4n) is 5.73. The van der Waals surface area contributed by atoms with Crippen molar-refractivity contribution in [3.8, 4) is 0 Å². The maximum Gasteiger partial charge on any atom is 0.257 e. The van der Waals surface area contributed by atoms with Crippen molar-refractivity contribution in [2.24, 2.45) is 11.8 Å². The zero-order valence-corrected chi connectivity index (χ0v) is 21.4. The lowest BCUT2D eigenvalue weighted by molar-refractivity contribution is 0.0782. The molecular formula is C26H33N5O3S. The van der Waals surface area contributed by atoms with Crippen LogP contribution in [0.5, 0.6) is 0 Å². The molecule has 9 heteroatoms. The summed E-state index contributed by atoms with van der Waals surface area (Å²) in [6.07, 6.45) is 6.01. The predicted molar refractivity (Wildman–Crippen MR) is 134 cm³/mol. The van der Waals surface area contributed by atoms with E-state index in [0.29, 0.717) is 43.0 Å². The molecule has 0 saturated carbocycles. The molecule has 0 radical (unpaired) electrons. The Morgan fingerprint density at radius 1 is 1.06 bits per heavy atom. The van der Waals surface area contributed by atoms with Crippen molar-refractivity contribution in [1.82, 2.24) is 24.1 Å². The summed E-state index contributed by atoms with van der Waals surface area (Å²) in [5, 5.41) is 0. The first-order valence-corrected chi connectivity index (χ1v) is 14.1. The first-order chi connectivity index (χ1) is 16.7. The van der Waals surface area contributed by atoms with Crippen molar-refractivity contribution in [3.05, 3.63) is 70.9 Å². The Balaban J connectivity index is 1.22. The van der Waals surface area contributed by atoms with Crippen molar-refractivity contribution in [1.29, 1.82) is 0 Å². The quantitative estimate of drug-likeness (QED) is 0.587. The molecular weight excluding hydrogens is 462 g/mol. The maximum absolute atomic E-state index is 13.1. The molecule has 2 aromatic rings. The van der Waals surface area contributed by atoms with Gasteiger partial charge in [-0.15, -0.1) is 0 Å². The molecule has 8 nitrogen and oxygen atoms in total. The van der Waals surface area contributed by atoms with Gasteiger partial charge in [0, 0.05) is 51.4 Å². The van der Waals surface area contributed by atoms with Crippen LogP contribution in [0.25, 0.3) is 0 Å². The standard InChI is InChI=1S/C26H33N5O3S/c1-18-25(19(2)28-17-27-18)26(32)30-13-21-11-29(12-22(21)14-30)10-9-24(20-7-5-4-6-8-20)23-15-31(16-23)35(3,33)34/h4-8,11,17,22-24H,9-10,12-16H2,1-3H3. The second kappa shape index (κ2) is 9.35. The number of hydrogen-bond acceptors (Lipinski definition) is 6. The molecule has 0 spiro atoms. The van der Waals surface area contributed by atoms with Gasteiger partial charge in [0.05, 0.1) is 23.2 Å². The number of carbonyl (C=O) groups excluding carboxylic acids is 1. The number of sulfonamides is 1. The van der Waals surface area contributed by atoms with Crippen LogP contribution in [-0.4, -0.2) is 83.9 Å². The number of fused-ring (bicyclic) bond motifs is 1. The molecule has 2 fully saturated rings. The summed E-state index contributed by atoms with van der Waals surface area (Å²) >= 11 is 0. The lowest BCUT2D eigenvalue weighted by atomic mass is 9.80. The van der Waals surface area contributed by atoms with Gasteiger partial charge in [0.1, 0.15) is 6.33 Å². The zero-order chi connectivity index (χ0) is 24.7. The average Bonchev–Trinajstić information content (AvgIpc) is 3.33. The fraction of sp³-hybridized carbons (Fsp3) is 0.500. The van der Waals surface area contributed by atoms with Crippen LogP contribution >= 0.6 is 0 Å². The second-order valence-electron chi connectivity index (χ2n) is 10.1. The summed E-state index contributed by atoms with van der Waals surface area (Å²) in [6, 6.07) is 10.5. The zero-order valence-electron chi connectivity index (χ0n) is 20.6. The van der Waals surface area contributed by atoms with E-state index in [4.69, 9.17) is 0 Å². The van der Waals surface area contributed by atoms with Crippen LogP contribution in [0.15, 0.2) is 48.4 Å². The summed E-state index contributed by atoms with van der Waals surface area (Å²) in [5.41, 5.74) is 4.68. The number of aromatic nitrogens is 2. The smallest absolute Gasteiger partial charge is 0.257 e. The molecule has 1 aromatic carbocycles. The number of carbonyl (C=O) groups is 1. The summed E-state index contributed by atoms with van der Waals surface area (Å²) in [7, 11) is -3.12. The molecule has 5 rings (SSSR count). The van der Waals surface area contributed by atoms with E-state index in [2.05, 4.69) is 45.3 Å². The van der Waals surface area contributed by atoms with E-state index in [9.17, 15) is 13.2 Å². The minimum absolute atomic E-state index is 0.0204. The van der Waals surface area contributed by atoms with Gasteiger partial charge >= 0.3 is 0 Å². The first kappa shape index (κ1) is 23.9. The molecule has 3 aliphatic rings. The molecule has 2 atom stereocenters. The summed E-state index contributed by atoms with van der Waals surface area (Å²) < 4.78 is 25.3. The van der Waals surface area contributed by atoms with E-state index in [-0.39, 0.29) is 5.91 Å². The van der Waals surface area contributed by atoms with Gasteiger partial charge in [-0.1, -0.05) is 30.3 Å². The monoisotopic (exact) mass is 495 g/mol. The Hall–Kier alpha value is -2.78. The Labute approximate surface area is 207 Å². The van der Waals surface area contributed by atoms with Crippen molar-refractivity contribution in [2.45, 2.75) is 26.2 Å². The number of rotatable bonds is 7. The minimum atomic E-state index is -3.12. The molecule has 1 aromatic heterocycles. The topological polar surface area (TPSA) is 86.7 Å². The summed E-state index contributed by atoms with van der Waals surface area (Å²) in [6.45, 7) is 8.14. The largest absolute Gasteiger partial charge is 0.377 e. The van der Waals surface area contributed by atoms with Crippen LogP contribution in [0.4, 0.5) is 0 Å². The van der Waals surface area contributed by atoms with Gasteiger partial charge in [-0.05, 0) is 43.2 Å². The Bertz CT molecular complexity index is 1220. The molecule has 0 N–H and O–H groups in total. The van der Waals surface area contributed by atoms with Crippen LogP contribution in [0, 0.1) is 25.7 Å². The van der Waals surface area contributed by atoms with Gasteiger partial charge < -0.3 is 9.80 Å². The summed E-state index contributed by atoms with van der Waals surface area (Å²) in [4.78, 5) is 25.9. The highest BCUT2D eigenvalue weighted by atomic mass is 32.2. The molecule has 0 bridgehead atoms. The van der Waals surface area contributed by atoms with E-state index in [1.165, 1.54) is 23.7 Å². The highest BCUT2D eigenvalue weighted by molar-refractivity contribution is 7.88. The molecule has 2 saturated heterocycles. The van der Waals surface area contributed by atoms with Crippen LogP contribution in [0.1, 0.15) is 39.6 Å². The van der Waals surface area contributed by atoms with Gasteiger partial charge in [-0.3, -0.25) is 4.79 Å². The van der Waals surface area contributed by atoms with E-state index < -0.39 is 10.0 Å². The van der Waals surface area contributed by atoms with E-state index in [1.807, 2.05) is 24.8 Å².